The molecule has 5 heteroatoms. The molecule has 1 N–H and O–H groups in total. The summed E-state index contributed by atoms with van der Waals surface area (Å²) in [6.07, 6.45) is 2.05. The molecule has 1 fully saturated rings. The van der Waals surface area contributed by atoms with E-state index in [1.807, 2.05) is 29.2 Å². The van der Waals surface area contributed by atoms with Crippen molar-refractivity contribution in [3.05, 3.63) is 53.6 Å². The van der Waals surface area contributed by atoms with Gasteiger partial charge in [0.25, 0.3) is 0 Å². The van der Waals surface area contributed by atoms with Crippen molar-refractivity contribution in [3.63, 3.8) is 0 Å². The molecule has 144 valence electrons. The molecule has 0 aromatic heterocycles. The third-order valence-corrected chi connectivity index (χ3v) is 5.20. The van der Waals surface area contributed by atoms with Gasteiger partial charge in [-0.3, -0.25) is 0 Å². The van der Waals surface area contributed by atoms with E-state index in [0.29, 0.717) is 24.5 Å². The van der Waals surface area contributed by atoms with E-state index < -0.39 is 0 Å². The highest BCUT2D eigenvalue weighted by Crippen LogP contribution is 2.28. The molecule has 3 rings (SSSR count). The van der Waals surface area contributed by atoms with Crippen LogP contribution in [0.25, 0.3) is 0 Å². The largest absolute Gasteiger partial charge is 0.495 e. The number of urea groups is 1. The van der Waals surface area contributed by atoms with Gasteiger partial charge in [0.05, 0.1) is 12.8 Å². The van der Waals surface area contributed by atoms with E-state index in [0.717, 1.165) is 25.9 Å². The first-order valence-corrected chi connectivity index (χ1v) is 9.72. The van der Waals surface area contributed by atoms with E-state index in [-0.39, 0.29) is 6.03 Å². The summed E-state index contributed by atoms with van der Waals surface area (Å²) in [5, 5.41) is 2.97. The predicted molar refractivity (Wildman–Crippen MR) is 111 cm³/mol. The van der Waals surface area contributed by atoms with E-state index in [1.165, 1.54) is 16.8 Å². The van der Waals surface area contributed by atoms with E-state index >= 15 is 0 Å². The third-order valence-electron chi connectivity index (χ3n) is 5.20. The van der Waals surface area contributed by atoms with E-state index in [1.54, 1.807) is 7.11 Å². The number of nitrogens with zero attached hydrogens (tertiary/aromatic N) is 2. The standard InChI is InChI=1S/C22H29N3O2/c1-4-17-9-8-10-18(5-2)21(17)24-13-15-25(16-14-24)22(26)23-19-11-6-7-12-20(19)27-3/h6-12H,4-5,13-16H2,1-3H3,(H,23,26). The zero-order chi connectivity index (χ0) is 19.2. The molecular weight excluding hydrogens is 338 g/mol. The predicted octanol–water partition coefficient (Wildman–Crippen LogP) is 4.17. The van der Waals surface area contributed by atoms with Crippen molar-refractivity contribution in [2.24, 2.45) is 0 Å². The molecule has 5 nitrogen and oxygen atoms in total. The number of piperazine rings is 1. The summed E-state index contributed by atoms with van der Waals surface area (Å²) in [5.74, 6) is 0.675. The van der Waals surface area contributed by atoms with Crippen LogP contribution < -0.4 is 15.0 Å². The van der Waals surface area contributed by atoms with Crippen LogP contribution in [0.1, 0.15) is 25.0 Å². The van der Waals surface area contributed by atoms with Crippen molar-refractivity contribution in [2.75, 3.05) is 43.5 Å². The molecule has 27 heavy (non-hydrogen) atoms. The Hall–Kier alpha value is -2.69. The highest BCUT2D eigenvalue weighted by Gasteiger charge is 2.24. The molecule has 0 bridgehead atoms. The van der Waals surface area contributed by atoms with Crippen LogP contribution >= 0.6 is 0 Å². The van der Waals surface area contributed by atoms with Gasteiger partial charge in [0, 0.05) is 31.9 Å². The Kier molecular flexibility index (Phi) is 6.22. The summed E-state index contributed by atoms with van der Waals surface area (Å²) in [6.45, 7) is 7.53. The van der Waals surface area contributed by atoms with Crippen molar-refractivity contribution < 1.29 is 9.53 Å². The average Bonchev–Trinajstić information content (AvgIpc) is 2.73. The van der Waals surface area contributed by atoms with Crippen LogP contribution in [-0.4, -0.2) is 44.2 Å². The van der Waals surface area contributed by atoms with Crippen LogP contribution in [0.3, 0.4) is 0 Å². The second-order valence-corrected chi connectivity index (χ2v) is 6.74. The molecule has 0 unspecified atom stereocenters. The molecule has 0 aliphatic carbocycles. The molecule has 1 saturated heterocycles. The third kappa shape index (κ3) is 4.18. The van der Waals surface area contributed by atoms with Crippen molar-refractivity contribution in [1.29, 1.82) is 0 Å². The van der Waals surface area contributed by atoms with Gasteiger partial charge in [-0.05, 0) is 36.1 Å². The first-order valence-electron chi connectivity index (χ1n) is 9.72. The molecule has 0 saturated carbocycles. The Bertz CT molecular complexity index is 761. The number of carbonyl (C=O) groups excluding carboxylic acids is 1. The molecule has 2 aromatic rings. The number of aryl methyl sites for hydroxylation is 2. The maximum atomic E-state index is 12.7. The number of carbonyl (C=O) groups is 1. The van der Waals surface area contributed by atoms with Gasteiger partial charge < -0.3 is 19.9 Å². The van der Waals surface area contributed by atoms with Crippen LogP contribution in [0.5, 0.6) is 5.75 Å². The summed E-state index contributed by atoms with van der Waals surface area (Å²) in [5.41, 5.74) is 4.85. The summed E-state index contributed by atoms with van der Waals surface area (Å²) in [6, 6.07) is 14.0. The Labute approximate surface area is 161 Å². The number of nitrogens with one attached hydrogen (secondary N) is 1. The van der Waals surface area contributed by atoms with Crippen molar-refractivity contribution in [1.82, 2.24) is 4.90 Å². The number of para-hydroxylation sites is 3. The fourth-order valence-corrected chi connectivity index (χ4v) is 3.70. The maximum Gasteiger partial charge on any atom is 0.322 e. The van der Waals surface area contributed by atoms with E-state index in [4.69, 9.17) is 4.74 Å². The molecule has 1 aliphatic heterocycles. The summed E-state index contributed by atoms with van der Waals surface area (Å²) >= 11 is 0. The van der Waals surface area contributed by atoms with Gasteiger partial charge in [-0.1, -0.05) is 44.2 Å². The Balaban J connectivity index is 1.66. The molecule has 2 aromatic carbocycles. The lowest BCUT2D eigenvalue weighted by molar-refractivity contribution is 0.208. The fraction of sp³-hybridized carbons (Fsp3) is 0.409. The molecule has 1 aliphatic rings. The first-order chi connectivity index (χ1) is 13.2. The number of ether oxygens (including phenoxy) is 1. The zero-order valence-electron chi connectivity index (χ0n) is 16.5. The first kappa shape index (κ1) is 19.1. The summed E-state index contributed by atoms with van der Waals surface area (Å²) < 4.78 is 5.32. The Morgan fingerprint density at radius 3 is 2.19 bits per heavy atom. The number of amides is 2. The van der Waals surface area contributed by atoms with Gasteiger partial charge >= 0.3 is 6.03 Å². The van der Waals surface area contributed by atoms with Gasteiger partial charge in [-0.15, -0.1) is 0 Å². The molecular formula is C22H29N3O2. The molecule has 1 heterocycles. The minimum Gasteiger partial charge on any atom is -0.495 e. The van der Waals surface area contributed by atoms with Crippen LogP contribution in [0.15, 0.2) is 42.5 Å². The smallest absolute Gasteiger partial charge is 0.322 e. The Morgan fingerprint density at radius 2 is 1.59 bits per heavy atom. The Morgan fingerprint density at radius 1 is 0.963 bits per heavy atom. The van der Waals surface area contributed by atoms with Gasteiger partial charge in [-0.2, -0.15) is 0 Å². The van der Waals surface area contributed by atoms with Gasteiger partial charge in [0.1, 0.15) is 5.75 Å². The fourth-order valence-electron chi connectivity index (χ4n) is 3.70. The second kappa shape index (κ2) is 8.80. The SMILES string of the molecule is CCc1cccc(CC)c1N1CCN(C(=O)Nc2ccccc2OC)CC1. The minimum absolute atomic E-state index is 0.0707. The van der Waals surface area contributed by atoms with Gasteiger partial charge in [0.15, 0.2) is 0 Å². The van der Waals surface area contributed by atoms with Crippen molar-refractivity contribution >= 4 is 17.4 Å². The monoisotopic (exact) mass is 367 g/mol. The normalized spacial score (nSPS) is 14.2. The molecule has 0 spiro atoms. The minimum atomic E-state index is -0.0707. The van der Waals surface area contributed by atoms with Crippen LogP contribution in [0, 0.1) is 0 Å². The lowest BCUT2D eigenvalue weighted by Crippen LogP contribution is -2.50. The van der Waals surface area contributed by atoms with Crippen LogP contribution in [-0.2, 0) is 12.8 Å². The lowest BCUT2D eigenvalue weighted by atomic mass is 10.0. The number of hydrogen-bond donors (Lipinski definition) is 1. The highest BCUT2D eigenvalue weighted by molar-refractivity contribution is 5.91. The van der Waals surface area contributed by atoms with Crippen molar-refractivity contribution in [2.45, 2.75) is 26.7 Å². The van der Waals surface area contributed by atoms with E-state index in [2.05, 4.69) is 42.3 Å². The number of hydrogen-bond acceptors (Lipinski definition) is 3. The second-order valence-electron chi connectivity index (χ2n) is 6.74. The highest BCUT2D eigenvalue weighted by atomic mass is 16.5. The van der Waals surface area contributed by atoms with Crippen molar-refractivity contribution in [3.8, 4) is 5.75 Å². The average molecular weight is 367 g/mol. The number of rotatable bonds is 5. The lowest BCUT2D eigenvalue weighted by Gasteiger charge is -2.38. The molecule has 2 amide bonds. The number of benzene rings is 2. The van der Waals surface area contributed by atoms with Gasteiger partial charge in [0.2, 0.25) is 0 Å². The zero-order valence-corrected chi connectivity index (χ0v) is 16.5. The van der Waals surface area contributed by atoms with Gasteiger partial charge in [-0.25, -0.2) is 4.79 Å². The molecule has 0 radical (unpaired) electrons. The topological polar surface area (TPSA) is 44.8 Å². The number of methoxy groups -OCH3 is 1. The quantitative estimate of drug-likeness (QED) is 0.862. The summed E-state index contributed by atoms with van der Waals surface area (Å²) in [4.78, 5) is 17.0. The molecule has 0 atom stereocenters. The van der Waals surface area contributed by atoms with Crippen LogP contribution in [0.2, 0.25) is 0 Å². The maximum absolute atomic E-state index is 12.7. The van der Waals surface area contributed by atoms with E-state index in [9.17, 15) is 4.79 Å². The number of anilines is 2. The van der Waals surface area contributed by atoms with Crippen LogP contribution in [0.4, 0.5) is 16.2 Å². The summed E-state index contributed by atoms with van der Waals surface area (Å²) in [7, 11) is 1.61.